The lowest BCUT2D eigenvalue weighted by atomic mass is 9.97. The number of fused-ring (bicyclic) bond motifs is 1. The fraction of sp³-hybridized carbons (Fsp3) is 0. The molecule has 4 aromatic rings. The average Bonchev–Trinajstić information content (AvgIpc) is 3.00. The number of carbonyl (C=O) groups is 1. The van der Waals surface area contributed by atoms with E-state index in [-0.39, 0.29) is 17.3 Å². The fourth-order valence-corrected chi connectivity index (χ4v) is 4.54. The number of aromatic hydroxyl groups is 2. The molecule has 128 valence electrons. The second-order valence-electron chi connectivity index (χ2n) is 5.87. The molecule has 0 saturated carbocycles. The maximum Gasteiger partial charge on any atom is 0.195 e. The first-order valence-corrected chi connectivity index (χ1v) is 9.49. The van der Waals surface area contributed by atoms with Crippen molar-refractivity contribution in [1.82, 2.24) is 0 Å². The topological polar surface area (TPSA) is 57.5 Å². The molecule has 0 atom stereocenters. The first-order chi connectivity index (χ1) is 12.5. The van der Waals surface area contributed by atoms with Crippen molar-refractivity contribution in [2.75, 3.05) is 0 Å². The minimum absolute atomic E-state index is 0.0775. The van der Waals surface area contributed by atoms with Crippen LogP contribution in [0.1, 0.15) is 15.9 Å². The van der Waals surface area contributed by atoms with Gasteiger partial charge in [-0.3, -0.25) is 4.79 Å². The number of phenols is 2. The number of hydrogen-bond acceptors (Lipinski definition) is 4. The Morgan fingerprint density at radius 2 is 1.62 bits per heavy atom. The van der Waals surface area contributed by atoms with Gasteiger partial charge in [0.2, 0.25) is 0 Å². The van der Waals surface area contributed by atoms with E-state index in [1.165, 1.54) is 11.3 Å². The van der Waals surface area contributed by atoms with Crippen LogP contribution in [0.5, 0.6) is 11.5 Å². The molecule has 1 aromatic heterocycles. The van der Waals surface area contributed by atoms with Gasteiger partial charge in [-0.25, -0.2) is 0 Å². The van der Waals surface area contributed by atoms with Gasteiger partial charge in [0.05, 0.1) is 0 Å². The second-order valence-corrected chi connectivity index (χ2v) is 7.84. The van der Waals surface area contributed by atoms with Gasteiger partial charge in [0.15, 0.2) is 5.78 Å². The summed E-state index contributed by atoms with van der Waals surface area (Å²) in [6, 6.07) is 19.1. The summed E-state index contributed by atoms with van der Waals surface area (Å²) in [5.74, 6) is 0.260. The largest absolute Gasteiger partial charge is 0.508 e. The summed E-state index contributed by atoms with van der Waals surface area (Å²) < 4.78 is 1.68. The molecule has 0 aliphatic heterocycles. The number of benzene rings is 3. The van der Waals surface area contributed by atoms with E-state index in [4.69, 9.17) is 0 Å². The van der Waals surface area contributed by atoms with E-state index in [1.807, 2.05) is 12.1 Å². The number of phenolic OH excluding ortho intramolecular Hbond substituents is 2. The maximum absolute atomic E-state index is 13.3. The van der Waals surface area contributed by atoms with Gasteiger partial charge < -0.3 is 10.2 Å². The van der Waals surface area contributed by atoms with E-state index in [9.17, 15) is 15.0 Å². The number of halogens is 1. The molecule has 3 aromatic carbocycles. The van der Waals surface area contributed by atoms with Gasteiger partial charge in [-0.2, -0.15) is 0 Å². The molecule has 0 aliphatic carbocycles. The van der Waals surface area contributed by atoms with Crippen LogP contribution in [0.3, 0.4) is 0 Å². The maximum atomic E-state index is 13.3. The molecule has 0 unspecified atom stereocenters. The molecule has 5 heteroatoms. The van der Waals surface area contributed by atoms with Crippen molar-refractivity contribution in [2.45, 2.75) is 0 Å². The van der Waals surface area contributed by atoms with Gasteiger partial charge in [0.25, 0.3) is 0 Å². The summed E-state index contributed by atoms with van der Waals surface area (Å²) >= 11 is 4.86. The molecular weight excluding hydrogens is 412 g/mol. The lowest BCUT2D eigenvalue weighted by molar-refractivity contribution is 0.104. The Kier molecular flexibility index (Phi) is 4.26. The summed E-state index contributed by atoms with van der Waals surface area (Å²) in [7, 11) is 0. The van der Waals surface area contributed by atoms with Crippen molar-refractivity contribution in [3.63, 3.8) is 0 Å². The van der Waals surface area contributed by atoms with Crippen LogP contribution < -0.4 is 0 Å². The Bertz CT molecular complexity index is 1130. The molecule has 0 bridgehead atoms. The Morgan fingerprint density at radius 1 is 0.885 bits per heavy atom. The molecule has 0 saturated heterocycles. The normalized spacial score (nSPS) is 11.0. The van der Waals surface area contributed by atoms with Crippen molar-refractivity contribution in [1.29, 1.82) is 0 Å². The summed E-state index contributed by atoms with van der Waals surface area (Å²) in [6.07, 6.45) is 0. The quantitative estimate of drug-likeness (QED) is 0.398. The predicted molar refractivity (Wildman–Crippen MR) is 108 cm³/mol. The molecule has 3 nitrogen and oxygen atoms in total. The van der Waals surface area contributed by atoms with Crippen molar-refractivity contribution in [3.8, 4) is 21.9 Å². The van der Waals surface area contributed by atoms with Crippen molar-refractivity contribution >= 4 is 43.1 Å². The molecule has 0 radical (unpaired) electrons. The zero-order valence-corrected chi connectivity index (χ0v) is 15.8. The van der Waals surface area contributed by atoms with Crippen molar-refractivity contribution in [3.05, 3.63) is 82.3 Å². The Morgan fingerprint density at radius 3 is 2.35 bits per heavy atom. The highest BCUT2D eigenvalue weighted by molar-refractivity contribution is 9.10. The monoisotopic (exact) mass is 424 g/mol. The Labute approximate surface area is 162 Å². The van der Waals surface area contributed by atoms with Gasteiger partial charge in [-0.05, 0) is 60.2 Å². The van der Waals surface area contributed by atoms with Crippen LogP contribution in [0, 0.1) is 0 Å². The van der Waals surface area contributed by atoms with E-state index in [0.29, 0.717) is 11.1 Å². The number of carbonyl (C=O) groups excluding carboxylic acids is 1. The van der Waals surface area contributed by atoms with E-state index in [0.717, 1.165) is 25.0 Å². The van der Waals surface area contributed by atoms with Crippen molar-refractivity contribution in [2.24, 2.45) is 0 Å². The lowest BCUT2D eigenvalue weighted by Crippen LogP contribution is -2.02. The van der Waals surface area contributed by atoms with Crippen LogP contribution in [0.4, 0.5) is 0 Å². The molecular formula is C21H13BrO3S. The fourth-order valence-electron chi connectivity index (χ4n) is 2.90. The summed E-state index contributed by atoms with van der Waals surface area (Å²) in [6.45, 7) is 0. The summed E-state index contributed by atoms with van der Waals surface area (Å²) in [5, 5.41) is 20.2. The van der Waals surface area contributed by atoms with Gasteiger partial charge in [0.1, 0.15) is 11.5 Å². The second kappa shape index (κ2) is 6.59. The third kappa shape index (κ3) is 3.00. The molecule has 1 heterocycles. The molecule has 0 aliphatic rings. The number of rotatable bonds is 3. The van der Waals surface area contributed by atoms with Crippen LogP contribution in [-0.4, -0.2) is 16.0 Å². The summed E-state index contributed by atoms with van der Waals surface area (Å²) in [5.41, 5.74) is 2.04. The first kappa shape index (κ1) is 16.8. The lowest BCUT2D eigenvalue weighted by Gasteiger charge is -2.06. The zero-order chi connectivity index (χ0) is 18.3. The Balaban J connectivity index is 1.98. The molecule has 4 rings (SSSR count). The van der Waals surface area contributed by atoms with Gasteiger partial charge >= 0.3 is 0 Å². The molecule has 0 amide bonds. The van der Waals surface area contributed by atoms with E-state index >= 15 is 0 Å². The highest BCUT2D eigenvalue weighted by atomic mass is 79.9. The average molecular weight is 425 g/mol. The highest BCUT2D eigenvalue weighted by Crippen LogP contribution is 2.41. The van der Waals surface area contributed by atoms with Gasteiger partial charge in [-0.1, -0.05) is 28.1 Å². The molecule has 26 heavy (non-hydrogen) atoms. The Hall–Kier alpha value is -2.63. The van der Waals surface area contributed by atoms with Crippen LogP contribution in [0.25, 0.3) is 20.5 Å². The number of ketones is 1. The minimum atomic E-state index is -0.0775. The first-order valence-electron chi connectivity index (χ1n) is 7.88. The number of hydrogen-bond donors (Lipinski definition) is 2. The van der Waals surface area contributed by atoms with Gasteiger partial charge in [0, 0.05) is 30.6 Å². The molecule has 0 fully saturated rings. The van der Waals surface area contributed by atoms with E-state index in [2.05, 4.69) is 15.9 Å². The zero-order valence-electron chi connectivity index (χ0n) is 13.4. The van der Waals surface area contributed by atoms with Crippen LogP contribution >= 0.6 is 27.3 Å². The van der Waals surface area contributed by atoms with Crippen molar-refractivity contribution < 1.29 is 15.0 Å². The van der Waals surface area contributed by atoms with E-state index < -0.39 is 0 Å². The smallest absolute Gasteiger partial charge is 0.195 e. The highest BCUT2D eigenvalue weighted by Gasteiger charge is 2.22. The SMILES string of the molecule is O=C(c1cccc(Br)c1)c1c(-c2ccc(O)cc2)sc2cc(O)ccc12. The van der Waals surface area contributed by atoms with Crippen LogP contribution in [0.15, 0.2) is 71.2 Å². The van der Waals surface area contributed by atoms with E-state index in [1.54, 1.807) is 54.6 Å². The minimum Gasteiger partial charge on any atom is -0.508 e. The van der Waals surface area contributed by atoms with Crippen LogP contribution in [0.2, 0.25) is 0 Å². The van der Waals surface area contributed by atoms with Gasteiger partial charge in [-0.15, -0.1) is 11.3 Å². The third-order valence-corrected chi connectivity index (χ3v) is 5.81. The predicted octanol–water partition coefficient (Wildman–Crippen LogP) is 5.97. The van der Waals surface area contributed by atoms with Crippen LogP contribution in [-0.2, 0) is 0 Å². The standard InChI is InChI=1S/C21H13BrO3S/c22-14-3-1-2-13(10-14)20(25)19-17-9-8-16(24)11-18(17)26-21(19)12-4-6-15(23)7-5-12/h1-11,23-24H. The molecule has 0 spiro atoms. The summed E-state index contributed by atoms with van der Waals surface area (Å²) in [4.78, 5) is 14.1. The molecule has 2 N–H and O–H groups in total. The number of thiophene rings is 1. The third-order valence-electron chi connectivity index (χ3n) is 4.12.